The van der Waals surface area contributed by atoms with E-state index in [1.54, 1.807) is 25.1 Å². The molecule has 0 fully saturated rings. The van der Waals surface area contributed by atoms with Crippen LogP contribution in [0.4, 0.5) is 5.69 Å². The Morgan fingerprint density at radius 2 is 2.00 bits per heavy atom. The van der Waals surface area contributed by atoms with E-state index in [1.807, 2.05) is 37.3 Å². The number of hydrogen-bond acceptors (Lipinski definition) is 4. The number of methoxy groups -OCH3 is 1. The summed E-state index contributed by atoms with van der Waals surface area (Å²) < 4.78 is 10.8. The van der Waals surface area contributed by atoms with E-state index in [-0.39, 0.29) is 5.91 Å². The highest BCUT2D eigenvalue weighted by Crippen LogP contribution is 2.28. The average Bonchev–Trinajstić information content (AvgIpc) is 2.55. The summed E-state index contributed by atoms with van der Waals surface area (Å²) in [6, 6.07) is 14.4. The SMILES string of the molecule is COc1cc(C#N)ccc1O[C@@H](C)C(=O)Nc1cccc(C)c1. The lowest BCUT2D eigenvalue weighted by molar-refractivity contribution is -0.122. The molecule has 2 aromatic carbocycles. The molecular formula is C18H18N2O3. The molecule has 5 nitrogen and oxygen atoms in total. The Balaban J connectivity index is 2.08. The number of benzene rings is 2. The van der Waals surface area contributed by atoms with E-state index in [9.17, 15) is 4.79 Å². The van der Waals surface area contributed by atoms with Crippen LogP contribution in [0.2, 0.25) is 0 Å². The third-order valence-corrected chi connectivity index (χ3v) is 3.25. The first-order valence-electron chi connectivity index (χ1n) is 7.16. The number of rotatable bonds is 5. The predicted octanol–water partition coefficient (Wildman–Crippen LogP) is 3.28. The first-order valence-corrected chi connectivity index (χ1v) is 7.16. The van der Waals surface area contributed by atoms with Gasteiger partial charge in [-0.3, -0.25) is 4.79 Å². The Bertz CT molecular complexity index is 750. The van der Waals surface area contributed by atoms with Crippen molar-refractivity contribution in [3.05, 3.63) is 53.6 Å². The number of ether oxygens (including phenoxy) is 2. The smallest absolute Gasteiger partial charge is 0.265 e. The van der Waals surface area contributed by atoms with Crippen LogP contribution in [-0.2, 0) is 4.79 Å². The number of nitrogens with zero attached hydrogens (tertiary/aromatic N) is 1. The van der Waals surface area contributed by atoms with Gasteiger partial charge in [0.1, 0.15) is 0 Å². The van der Waals surface area contributed by atoms with Crippen LogP contribution in [0.3, 0.4) is 0 Å². The zero-order chi connectivity index (χ0) is 16.8. The first-order chi connectivity index (χ1) is 11.0. The molecule has 0 saturated carbocycles. The lowest BCUT2D eigenvalue weighted by Crippen LogP contribution is -2.30. The van der Waals surface area contributed by atoms with Crippen molar-refractivity contribution < 1.29 is 14.3 Å². The predicted molar refractivity (Wildman–Crippen MR) is 87.6 cm³/mol. The number of aryl methyl sites for hydroxylation is 1. The van der Waals surface area contributed by atoms with Crippen molar-refractivity contribution in [1.29, 1.82) is 5.26 Å². The molecule has 0 aliphatic heterocycles. The van der Waals surface area contributed by atoms with Gasteiger partial charge in [-0.05, 0) is 43.7 Å². The molecule has 0 radical (unpaired) electrons. The zero-order valence-electron chi connectivity index (χ0n) is 13.3. The molecule has 1 atom stereocenters. The van der Waals surface area contributed by atoms with Gasteiger partial charge in [0.2, 0.25) is 0 Å². The summed E-state index contributed by atoms with van der Waals surface area (Å²) in [7, 11) is 1.49. The first kappa shape index (κ1) is 16.4. The highest BCUT2D eigenvalue weighted by atomic mass is 16.5. The summed E-state index contributed by atoms with van der Waals surface area (Å²) in [6.45, 7) is 3.61. The topological polar surface area (TPSA) is 71.3 Å². The maximum atomic E-state index is 12.2. The lowest BCUT2D eigenvalue weighted by Gasteiger charge is -2.17. The van der Waals surface area contributed by atoms with Crippen LogP contribution < -0.4 is 14.8 Å². The molecule has 0 aliphatic carbocycles. The van der Waals surface area contributed by atoms with E-state index in [4.69, 9.17) is 14.7 Å². The van der Waals surface area contributed by atoms with Crippen molar-refractivity contribution in [3.63, 3.8) is 0 Å². The van der Waals surface area contributed by atoms with Crippen LogP contribution in [0.25, 0.3) is 0 Å². The summed E-state index contributed by atoms with van der Waals surface area (Å²) in [5, 5.41) is 11.7. The van der Waals surface area contributed by atoms with Gasteiger partial charge in [-0.15, -0.1) is 0 Å². The summed E-state index contributed by atoms with van der Waals surface area (Å²) in [4.78, 5) is 12.2. The normalized spacial score (nSPS) is 11.2. The van der Waals surface area contributed by atoms with Gasteiger partial charge in [0.25, 0.3) is 5.91 Å². The van der Waals surface area contributed by atoms with Crippen molar-refractivity contribution in [3.8, 4) is 17.6 Å². The van der Waals surface area contributed by atoms with E-state index < -0.39 is 6.10 Å². The largest absolute Gasteiger partial charge is 0.493 e. The van der Waals surface area contributed by atoms with E-state index in [0.717, 1.165) is 11.3 Å². The van der Waals surface area contributed by atoms with Crippen molar-refractivity contribution in [2.45, 2.75) is 20.0 Å². The molecule has 0 saturated heterocycles. The minimum absolute atomic E-state index is 0.262. The maximum Gasteiger partial charge on any atom is 0.265 e. The molecular weight excluding hydrogens is 292 g/mol. The van der Waals surface area contributed by atoms with Gasteiger partial charge in [0.15, 0.2) is 17.6 Å². The molecule has 23 heavy (non-hydrogen) atoms. The Morgan fingerprint density at radius 3 is 2.65 bits per heavy atom. The minimum Gasteiger partial charge on any atom is -0.493 e. The summed E-state index contributed by atoms with van der Waals surface area (Å²) in [5.74, 6) is 0.569. The molecule has 0 bridgehead atoms. The molecule has 2 rings (SSSR count). The second kappa shape index (κ2) is 7.32. The van der Waals surface area contributed by atoms with Crippen LogP contribution in [-0.4, -0.2) is 19.1 Å². The van der Waals surface area contributed by atoms with Crippen molar-refractivity contribution in [1.82, 2.24) is 0 Å². The van der Waals surface area contributed by atoms with Gasteiger partial charge in [-0.25, -0.2) is 0 Å². The van der Waals surface area contributed by atoms with Gasteiger partial charge in [-0.1, -0.05) is 12.1 Å². The number of nitriles is 1. The third-order valence-electron chi connectivity index (χ3n) is 3.25. The summed E-state index contributed by atoms with van der Waals surface area (Å²) >= 11 is 0. The third kappa shape index (κ3) is 4.24. The Kier molecular flexibility index (Phi) is 5.21. The molecule has 1 amide bonds. The van der Waals surface area contributed by atoms with Gasteiger partial charge >= 0.3 is 0 Å². The summed E-state index contributed by atoms with van der Waals surface area (Å²) in [6.07, 6.45) is -0.711. The maximum absolute atomic E-state index is 12.2. The fourth-order valence-corrected chi connectivity index (χ4v) is 2.05. The molecule has 0 aliphatic rings. The van der Waals surface area contributed by atoms with Crippen LogP contribution in [0.5, 0.6) is 11.5 Å². The van der Waals surface area contributed by atoms with Gasteiger partial charge < -0.3 is 14.8 Å². The van der Waals surface area contributed by atoms with Crippen LogP contribution in [0.15, 0.2) is 42.5 Å². The zero-order valence-corrected chi connectivity index (χ0v) is 13.3. The van der Waals surface area contributed by atoms with E-state index in [0.29, 0.717) is 17.1 Å². The molecule has 2 aromatic rings. The molecule has 0 heterocycles. The number of hydrogen-bond donors (Lipinski definition) is 1. The number of carbonyl (C=O) groups is 1. The van der Waals surface area contributed by atoms with Crippen LogP contribution >= 0.6 is 0 Å². The second-order valence-corrected chi connectivity index (χ2v) is 5.10. The Morgan fingerprint density at radius 1 is 1.22 bits per heavy atom. The molecule has 0 unspecified atom stereocenters. The highest BCUT2D eigenvalue weighted by molar-refractivity contribution is 5.94. The molecule has 5 heteroatoms. The fraction of sp³-hybridized carbons (Fsp3) is 0.222. The van der Waals surface area contributed by atoms with Gasteiger partial charge in [0, 0.05) is 11.8 Å². The monoisotopic (exact) mass is 310 g/mol. The van der Waals surface area contributed by atoms with Gasteiger partial charge in [-0.2, -0.15) is 5.26 Å². The highest BCUT2D eigenvalue weighted by Gasteiger charge is 2.17. The summed E-state index contributed by atoms with van der Waals surface area (Å²) in [5.41, 5.74) is 2.24. The van der Waals surface area contributed by atoms with Gasteiger partial charge in [0.05, 0.1) is 18.7 Å². The Hall–Kier alpha value is -3.00. The van der Waals surface area contributed by atoms with Crippen LogP contribution in [0.1, 0.15) is 18.1 Å². The van der Waals surface area contributed by atoms with Crippen molar-refractivity contribution in [2.75, 3.05) is 12.4 Å². The minimum atomic E-state index is -0.711. The van der Waals surface area contributed by atoms with Crippen LogP contribution in [0, 0.1) is 18.3 Å². The molecule has 118 valence electrons. The Labute approximate surface area is 135 Å². The lowest BCUT2D eigenvalue weighted by atomic mass is 10.2. The second-order valence-electron chi connectivity index (χ2n) is 5.10. The molecule has 0 aromatic heterocycles. The number of anilines is 1. The molecule has 0 spiro atoms. The van der Waals surface area contributed by atoms with Crippen molar-refractivity contribution in [2.24, 2.45) is 0 Å². The van der Waals surface area contributed by atoms with Crippen molar-refractivity contribution >= 4 is 11.6 Å². The standard InChI is InChI=1S/C18H18N2O3/c1-12-5-4-6-15(9-12)20-18(21)13(2)23-16-8-7-14(11-19)10-17(16)22-3/h4-10,13H,1-3H3,(H,20,21)/t13-/m0/s1. The van der Waals surface area contributed by atoms with E-state index in [1.165, 1.54) is 7.11 Å². The number of nitrogens with one attached hydrogen (secondary N) is 1. The number of amides is 1. The molecule has 1 N–H and O–H groups in total. The average molecular weight is 310 g/mol. The number of carbonyl (C=O) groups excluding carboxylic acids is 1. The van der Waals surface area contributed by atoms with E-state index in [2.05, 4.69) is 5.32 Å². The fourth-order valence-electron chi connectivity index (χ4n) is 2.05. The van der Waals surface area contributed by atoms with E-state index >= 15 is 0 Å². The quantitative estimate of drug-likeness (QED) is 0.920.